The number of nitrogens with one attached hydrogen (secondary N) is 2. The first-order chi connectivity index (χ1) is 6.84. The average Bonchev–Trinajstić information content (AvgIpc) is 2.67. The molecule has 76 valence electrons. The van der Waals surface area contributed by atoms with Gasteiger partial charge in [0.25, 0.3) is 5.56 Å². The monoisotopic (exact) mass is 196 g/mol. The summed E-state index contributed by atoms with van der Waals surface area (Å²) in [6, 6.07) is 0. The van der Waals surface area contributed by atoms with Crippen LogP contribution in [0, 0.1) is 0 Å². The Morgan fingerprint density at radius 2 is 2.64 bits per heavy atom. The molecule has 1 atom stereocenters. The molecule has 1 aliphatic heterocycles. The summed E-state index contributed by atoms with van der Waals surface area (Å²) in [5, 5.41) is 10.2. The van der Waals surface area contributed by atoms with Crippen LogP contribution in [0.15, 0.2) is 11.0 Å². The van der Waals surface area contributed by atoms with Gasteiger partial charge in [0.1, 0.15) is 6.20 Å². The maximum absolute atomic E-state index is 10.9. The van der Waals surface area contributed by atoms with Gasteiger partial charge >= 0.3 is 0 Å². The fraction of sp³-hybridized carbons (Fsp3) is 0.625. The van der Waals surface area contributed by atoms with Crippen LogP contribution < -0.4 is 10.9 Å². The van der Waals surface area contributed by atoms with Gasteiger partial charge in [-0.1, -0.05) is 0 Å². The molecule has 1 fully saturated rings. The zero-order valence-electron chi connectivity index (χ0n) is 7.69. The van der Waals surface area contributed by atoms with Crippen molar-refractivity contribution in [1.29, 1.82) is 0 Å². The van der Waals surface area contributed by atoms with Gasteiger partial charge < -0.3 is 10.1 Å². The van der Waals surface area contributed by atoms with Gasteiger partial charge in [-0.2, -0.15) is 0 Å². The van der Waals surface area contributed by atoms with Crippen molar-refractivity contribution in [2.45, 2.75) is 18.9 Å². The predicted octanol–water partition coefficient (Wildman–Crippen LogP) is -0.244. The maximum Gasteiger partial charge on any atom is 0.271 e. The second kappa shape index (κ2) is 4.19. The van der Waals surface area contributed by atoms with Gasteiger partial charge in [0.2, 0.25) is 5.95 Å². The molecule has 6 heteroatoms. The minimum Gasteiger partial charge on any atom is -0.376 e. The third-order valence-electron chi connectivity index (χ3n) is 2.10. The fourth-order valence-electron chi connectivity index (χ4n) is 1.41. The van der Waals surface area contributed by atoms with E-state index in [2.05, 4.69) is 20.5 Å². The highest BCUT2D eigenvalue weighted by Gasteiger charge is 2.14. The minimum atomic E-state index is -0.255. The summed E-state index contributed by atoms with van der Waals surface area (Å²) in [5.41, 5.74) is -0.255. The van der Waals surface area contributed by atoms with Crippen molar-refractivity contribution in [2.24, 2.45) is 0 Å². The summed E-state index contributed by atoms with van der Waals surface area (Å²) in [4.78, 5) is 13.4. The zero-order valence-corrected chi connectivity index (χ0v) is 7.69. The molecule has 2 N–H and O–H groups in total. The molecule has 6 nitrogen and oxygen atoms in total. The van der Waals surface area contributed by atoms with Crippen LogP contribution in [0.1, 0.15) is 12.8 Å². The SMILES string of the molecule is O=c1cnnc(NCC2CCCO2)[nH]1. The van der Waals surface area contributed by atoms with E-state index in [0.29, 0.717) is 12.5 Å². The van der Waals surface area contributed by atoms with E-state index < -0.39 is 0 Å². The molecular formula is C8H12N4O2. The summed E-state index contributed by atoms with van der Waals surface area (Å²) in [7, 11) is 0. The van der Waals surface area contributed by atoms with Crippen molar-refractivity contribution in [3.8, 4) is 0 Å². The minimum absolute atomic E-state index is 0.223. The van der Waals surface area contributed by atoms with Crippen molar-refractivity contribution in [3.05, 3.63) is 16.6 Å². The third kappa shape index (κ3) is 2.29. The lowest BCUT2D eigenvalue weighted by Crippen LogP contribution is -2.21. The van der Waals surface area contributed by atoms with Crippen molar-refractivity contribution in [1.82, 2.24) is 15.2 Å². The van der Waals surface area contributed by atoms with Gasteiger partial charge in [-0.3, -0.25) is 9.78 Å². The number of ether oxygens (including phenoxy) is 1. The standard InChI is InChI=1S/C8H12N4O2/c13-7-5-10-12-8(11-7)9-4-6-2-1-3-14-6/h5-6H,1-4H2,(H2,9,11,12,13). The molecule has 1 saturated heterocycles. The second-order valence-corrected chi connectivity index (χ2v) is 3.20. The van der Waals surface area contributed by atoms with E-state index in [0.717, 1.165) is 25.6 Å². The average molecular weight is 196 g/mol. The van der Waals surface area contributed by atoms with Crippen molar-refractivity contribution < 1.29 is 4.74 Å². The lowest BCUT2D eigenvalue weighted by molar-refractivity contribution is 0.120. The number of nitrogens with zero attached hydrogens (tertiary/aromatic N) is 2. The normalized spacial score (nSPS) is 21.0. The first kappa shape index (κ1) is 9.14. The topological polar surface area (TPSA) is 79.9 Å². The molecule has 0 aliphatic carbocycles. The smallest absolute Gasteiger partial charge is 0.271 e. The summed E-state index contributed by atoms with van der Waals surface area (Å²) < 4.78 is 5.40. The van der Waals surface area contributed by atoms with Crippen LogP contribution in [0.3, 0.4) is 0 Å². The Hall–Kier alpha value is -1.43. The van der Waals surface area contributed by atoms with E-state index >= 15 is 0 Å². The van der Waals surface area contributed by atoms with Crippen molar-refractivity contribution in [3.63, 3.8) is 0 Å². The number of H-pyrrole nitrogens is 1. The second-order valence-electron chi connectivity index (χ2n) is 3.20. The Labute approximate surface area is 80.7 Å². The Bertz CT molecular complexity index is 345. The molecule has 1 aliphatic rings. The zero-order chi connectivity index (χ0) is 9.80. The summed E-state index contributed by atoms with van der Waals surface area (Å²) >= 11 is 0. The molecule has 0 spiro atoms. The van der Waals surface area contributed by atoms with Crippen molar-refractivity contribution >= 4 is 5.95 Å². The number of rotatable bonds is 3. The van der Waals surface area contributed by atoms with E-state index in [4.69, 9.17) is 4.74 Å². The van der Waals surface area contributed by atoms with Crippen LogP contribution in [0.4, 0.5) is 5.95 Å². The molecule has 0 bridgehead atoms. The molecule has 1 aromatic heterocycles. The Morgan fingerprint density at radius 1 is 1.71 bits per heavy atom. The van der Waals surface area contributed by atoms with E-state index in [-0.39, 0.29) is 11.7 Å². The number of hydrogen-bond acceptors (Lipinski definition) is 5. The van der Waals surface area contributed by atoms with Crippen LogP contribution in [0.25, 0.3) is 0 Å². The molecule has 0 radical (unpaired) electrons. The summed E-state index contributed by atoms with van der Waals surface area (Å²) in [6.45, 7) is 1.48. The highest BCUT2D eigenvalue weighted by atomic mass is 16.5. The maximum atomic E-state index is 10.9. The molecule has 1 aromatic rings. The number of anilines is 1. The van der Waals surface area contributed by atoms with Crippen LogP contribution in [0.5, 0.6) is 0 Å². The molecule has 0 saturated carbocycles. The van der Waals surface area contributed by atoms with E-state index in [1.165, 1.54) is 0 Å². The highest BCUT2D eigenvalue weighted by molar-refractivity contribution is 5.20. The van der Waals surface area contributed by atoms with E-state index in [1.807, 2.05) is 0 Å². The first-order valence-corrected chi connectivity index (χ1v) is 4.62. The first-order valence-electron chi connectivity index (χ1n) is 4.62. The Morgan fingerprint density at radius 3 is 3.36 bits per heavy atom. The van der Waals surface area contributed by atoms with Gasteiger partial charge in [0, 0.05) is 13.2 Å². The number of aromatic amines is 1. The van der Waals surface area contributed by atoms with Crippen LogP contribution in [-0.2, 0) is 4.74 Å². The molecule has 1 unspecified atom stereocenters. The van der Waals surface area contributed by atoms with Gasteiger partial charge in [0.15, 0.2) is 0 Å². The van der Waals surface area contributed by atoms with Gasteiger partial charge in [-0.25, -0.2) is 0 Å². The number of aromatic nitrogens is 3. The van der Waals surface area contributed by atoms with E-state index in [1.54, 1.807) is 0 Å². The van der Waals surface area contributed by atoms with Crippen LogP contribution in [0.2, 0.25) is 0 Å². The van der Waals surface area contributed by atoms with E-state index in [9.17, 15) is 4.79 Å². The lowest BCUT2D eigenvalue weighted by Gasteiger charge is -2.09. The molecular weight excluding hydrogens is 184 g/mol. The third-order valence-corrected chi connectivity index (χ3v) is 2.10. The number of hydrogen-bond donors (Lipinski definition) is 2. The fourth-order valence-corrected chi connectivity index (χ4v) is 1.41. The quantitative estimate of drug-likeness (QED) is 0.697. The molecule has 2 rings (SSSR count). The van der Waals surface area contributed by atoms with Gasteiger partial charge in [-0.05, 0) is 12.8 Å². The highest BCUT2D eigenvalue weighted by Crippen LogP contribution is 2.11. The Balaban J connectivity index is 1.88. The summed E-state index contributed by atoms with van der Waals surface area (Å²) in [5.74, 6) is 0.396. The van der Waals surface area contributed by atoms with Crippen molar-refractivity contribution in [2.75, 3.05) is 18.5 Å². The van der Waals surface area contributed by atoms with Crippen LogP contribution >= 0.6 is 0 Å². The van der Waals surface area contributed by atoms with Gasteiger partial charge in [0.05, 0.1) is 6.10 Å². The Kier molecular flexibility index (Phi) is 2.73. The molecule has 0 amide bonds. The molecule has 0 aromatic carbocycles. The molecule has 2 heterocycles. The summed E-state index contributed by atoms with van der Waals surface area (Å²) in [6.07, 6.45) is 3.51. The lowest BCUT2D eigenvalue weighted by atomic mass is 10.2. The van der Waals surface area contributed by atoms with Gasteiger partial charge in [-0.15, -0.1) is 10.2 Å². The molecule has 14 heavy (non-hydrogen) atoms. The van der Waals surface area contributed by atoms with Crippen LogP contribution in [-0.4, -0.2) is 34.4 Å². The largest absolute Gasteiger partial charge is 0.376 e. The predicted molar refractivity (Wildman–Crippen MR) is 50.1 cm³/mol.